The highest BCUT2D eigenvalue weighted by Gasteiger charge is 2.20. The van der Waals surface area contributed by atoms with Crippen molar-refractivity contribution in [2.24, 2.45) is 5.92 Å². The summed E-state index contributed by atoms with van der Waals surface area (Å²) in [6, 6.07) is 10.9. The van der Waals surface area contributed by atoms with Gasteiger partial charge in [0.25, 0.3) is 15.6 Å². The van der Waals surface area contributed by atoms with Gasteiger partial charge in [-0.25, -0.2) is 22.8 Å². The fraction of sp³-hybridized carbons (Fsp3) is 0.192. The van der Waals surface area contributed by atoms with Crippen LogP contribution in [-0.2, 0) is 21.4 Å². The second kappa shape index (κ2) is 10.9. The van der Waals surface area contributed by atoms with Crippen molar-refractivity contribution in [3.63, 3.8) is 0 Å². The van der Waals surface area contributed by atoms with Gasteiger partial charge in [0, 0.05) is 25.4 Å². The number of nitrogens with zero attached hydrogens (tertiary/aromatic N) is 4. The molecule has 2 aromatic carbocycles. The lowest BCUT2D eigenvalue weighted by Gasteiger charge is -2.14. The molecule has 1 atom stereocenters. The van der Waals surface area contributed by atoms with Crippen molar-refractivity contribution >= 4 is 32.5 Å². The Morgan fingerprint density at radius 1 is 1.18 bits per heavy atom. The number of methoxy groups -OCH3 is 1. The number of carbonyl (C=O) groups is 1. The van der Waals surface area contributed by atoms with Crippen molar-refractivity contribution in [3.05, 3.63) is 76.7 Å². The number of carbonyl (C=O) groups excluding carboxylic acids is 1. The number of aromatic nitrogens is 3. The van der Waals surface area contributed by atoms with E-state index >= 15 is 0 Å². The van der Waals surface area contributed by atoms with Gasteiger partial charge in [0.2, 0.25) is 11.8 Å². The maximum atomic E-state index is 13.7. The highest BCUT2D eigenvalue weighted by atomic mass is 32.2. The minimum Gasteiger partial charge on any atom is -0.480 e. The lowest BCUT2D eigenvalue weighted by Crippen LogP contribution is -2.32. The summed E-state index contributed by atoms with van der Waals surface area (Å²) in [6.07, 6.45) is 2.84. The van der Waals surface area contributed by atoms with Crippen molar-refractivity contribution in [1.29, 1.82) is 5.26 Å². The molecule has 39 heavy (non-hydrogen) atoms. The van der Waals surface area contributed by atoms with Crippen LogP contribution < -0.4 is 20.3 Å². The summed E-state index contributed by atoms with van der Waals surface area (Å²) >= 11 is 0. The molecule has 0 aliphatic rings. The van der Waals surface area contributed by atoms with Gasteiger partial charge in [0.05, 0.1) is 40.7 Å². The number of ether oxygens (including phenoxy) is 1. The van der Waals surface area contributed by atoms with Gasteiger partial charge >= 0.3 is 0 Å². The zero-order chi connectivity index (χ0) is 28.3. The Bertz CT molecular complexity index is 1800. The topological polar surface area (TPSA) is 156 Å². The van der Waals surface area contributed by atoms with Crippen molar-refractivity contribution in [2.45, 2.75) is 18.4 Å². The number of hydrogen-bond donors (Lipinski definition) is 2. The lowest BCUT2D eigenvalue weighted by atomic mass is 10.0. The average Bonchev–Trinajstić information content (AvgIpc) is 2.93. The molecule has 0 spiro atoms. The number of rotatable bonds is 8. The first-order valence-corrected chi connectivity index (χ1v) is 13.0. The van der Waals surface area contributed by atoms with Gasteiger partial charge in [-0.3, -0.25) is 18.9 Å². The summed E-state index contributed by atoms with van der Waals surface area (Å²) in [5.74, 6) is -1.54. The maximum Gasteiger partial charge on any atom is 0.262 e. The molecule has 0 bridgehead atoms. The number of amides is 1. The Hall–Kier alpha value is -4.83. The third-order valence-electron chi connectivity index (χ3n) is 5.98. The molecule has 0 fully saturated rings. The number of fused-ring (bicyclic) bond motifs is 1. The molecule has 0 aliphatic carbocycles. The molecule has 200 valence electrons. The van der Waals surface area contributed by atoms with Crippen LogP contribution >= 0.6 is 0 Å². The van der Waals surface area contributed by atoms with Crippen LogP contribution in [0.5, 0.6) is 5.88 Å². The molecular formula is C26H23FN6O5S. The summed E-state index contributed by atoms with van der Waals surface area (Å²) in [5.41, 5.74) is 0.672. The Balaban J connectivity index is 1.73. The third-order valence-corrected chi connectivity index (χ3v) is 7.34. The van der Waals surface area contributed by atoms with Gasteiger partial charge in [-0.05, 0) is 42.0 Å². The smallest absolute Gasteiger partial charge is 0.262 e. The van der Waals surface area contributed by atoms with Crippen LogP contribution in [0.25, 0.3) is 22.0 Å². The number of nitrogens with one attached hydrogen (secondary N) is 2. The number of pyridine rings is 1. The largest absolute Gasteiger partial charge is 0.480 e. The van der Waals surface area contributed by atoms with Crippen LogP contribution in [0.4, 0.5) is 10.1 Å². The molecule has 4 aromatic rings. The first kappa shape index (κ1) is 27.2. The zero-order valence-electron chi connectivity index (χ0n) is 21.1. The zero-order valence-corrected chi connectivity index (χ0v) is 21.9. The standard InChI is InChI=1S/C26H23FN6O5S/c1-15(24(34)29-2)13-33-14-31-22-7-4-16(9-20(22)26(33)35)18-10-23(25(38-3)30-12-18)32-39(36,37)19-5-6-21(27)17(8-19)11-28/h4-10,12,14-15,32H,13H2,1-3H3,(H,29,34). The number of hydrogen-bond acceptors (Lipinski definition) is 8. The summed E-state index contributed by atoms with van der Waals surface area (Å²) in [7, 11) is -1.41. The molecule has 2 N–H and O–H groups in total. The van der Waals surface area contributed by atoms with Crippen molar-refractivity contribution in [1.82, 2.24) is 19.9 Å². The number of anilines is 1. The van der Waals surface area contributed by atoms with Gasteiger partial charge in [-0.1, -0.05) is 13.0 Å². The van der Waals surface area contributed by atoms with Gasteiger partial charge in [-0.15, -0.1) is 0 Å². The molecule has 0 aliphatic heterocycles. The SMILES string of the molecule is CNC(=O)C(C)Cn1cnc2ccc(-c3cnc(OC)c(NS(=O)(=O)c4ccc(F)c(C#N)c4)c3)cc2c1=O. The minimum absolute atomic E-state index is 0.0130. The Labute approximate surface area is 223 Å². The monoisotopic (exact) mass is 550 g/mol. The van der Waals surface area contributed by atoms with E-state index in [1.165, 1.54) is 37.3 Å². The molecule has 13 heteroatoms. The van der Waals surface area contributed by atoms with E-state index in [1.807, 2.05) is 0 Å². The first-order chi connectivity index (χ1) is 18.6. The van der Waals surface area contributed by atoms with Crippen LogP contribution in [0.15, 0.2) is 64.7 Å². The molecule has 1 amide bonds. The first-order valence-electron chi connectivity index (χ1n) is 11.6. The maximum absolute atomic E-state index is 13.7. The molecular weight excluding hydrogens is 527 g/mol. The van der Waals surface area contributed by atoms with Crippen LogP contribution in [-0.4, -0.2) is 43.0 Å². The van der Waals surface area contributed by atoms with Crippen molar-refractivity contribution in [3.8, 4) is 23.1 Å². The normalized spacial score (nSPS) is 12.0. The molecule has 2 heterocycles. The third kappa shape index (κ3) is 5.55. The van der Waals surface area contributed by atoms with Crippen LogP contribution in [0, 0.1) is 23.1 Å². The highest BCUT2D eigenvalue weighted by Crippen LogP contribution is 2.31. The van der Waals surface area contributed by atoms with E-state index in [9.17, 15) is 22.4 Å². The molecule has 0 radical (unpaired) electrons. The van der Waals surface area contributed by atoms with Gasteiger partial charge in [-0.2, -0.15) is 5.26 Å². The fourth-order valence-electron chi connectivity index (χ4n) is 3.90. The van der Waals surface area contributed by atoms with E-state index in [4.69, 9.17) is 10.00 Å². The molecule has 11 nitrogen and oxygen atoms in total. The average molecular weight is 551 g/mol. The van der Waals surface area contributed by atoms with E-state index in [-0.39, 0.29) is 34.5 Å². The van der Waals surface area contributed by atoms with Crippen molar-refractivity contribution in [2.75, 3.05) is 18.9 Å². The number of halogens is 1. The Morgan fingerprint density at radius 3 is 2.64 bits per heavy atom. The summed E-state index contributed by atoms with van der Waals surface area (Å²) in [5, 5.41) is 11.9. The Morgan fingerprint density at radius 2 is 1.95 bits per heavy atom. The molecule has 0 saturated carbocycles. The van der Waals surface area contributed by atoms with E-state index in [0.29, 0.717) is 22.0 Å². The predicted octanol–water partition coefficient (Wildman–Crippen LogP) is 2.66. The van der Waals surface area contributed by atoms with Gasteiger partial charge < -0.3 is 10.1 Å². The molecule has 2 aromatic heterocycles. The molecule has 1 unspecified atom stereocenters. The van der Waals surface area contributed by atoms with E-state index < -0.39 is 27.3 Å². The second-order valence-corrected chi connectivity index (χ2v) is 10.3. The van der Waals surface area contributed by atoms with Gasteiger partial charge in [0.15, 0.2) is 0 Å². The quantitative estimate of drug-likeness (QED) is 0.339. The summed E-state index contributed by atoms with van der Waals surface area (Å²) in [4.78, 5) is 33.2. The molecule has 4 rings (SSSR count). The predicted molar refractivity (Wildman–Crippen MR) is 141 cm³/mol. The number of nitriles is 1. The summed E-state index contributed by atoms with van der Waals surface area (Å²) in [6.45, 7) is 1.84. The van der Waals surface area contributed by atoms with E-state index in [0.717, 1.165) is 18.2 Å². The number of benzene rings is 2. The Kier molecular flexibility index (Phi) is 7.59. The molecule has 0 saturated heterocycles. The minimum atomic E-state index is -4.25. The highest BCUT2D eigenvalue weighted by molar-refractivity contribution is 7.92. The fourth-order valence-corrected chi connectivity index (χ4v) is 4.97. The van der Waals surface area contributed by atoms with E-state index in [1.54, 1.807) is 31.2 Å². The van der Waals surface area contributed by atoms with Crippen LogP contribution in [0.3, 0.4) is 0 Å². The van der Waals surface area contributed by atoms with Crippen molar-refractivity contribution < 1.29 is 22.3 Å². The lowest BCUT2D eigenvalue weighted by molar-refractivity contribution is -0.124. The number of sulfonamides is 1. The van der Waals surface area contributed by atoms with Crippen LogP contribution in [0.1, 0.15) is 12.5 Å². The van der Waals surface area contributed by atoms with Crippen LogP contribution in [0.2, 0.25) is 0 Å². The van der Waals surface area contributed by atoms with Gasteiger partial charge in [0.1, 0.15) is 17.6 Å². The van der Waals surface area contributed by atoms with E-state index in [2.05, 4.69) is 20.0 Å². The summed E-state index contributed by atoms with van der Waals surface area (Å²) < 4.78 is 48.6. The second-order valence-electron chi connectivity index (χ2n) is 8.59.